The van der Waals surface area contributed by atoms with Gasteiger partial charge in [0.25, 0.3) is 0 Å². The maximum absolute atomic E-state index is 13.7. The Balaban J connectivity index is 2.35. The largest absolute Gasteiger partial charge is 0.478 e. The van der Waals surface area contributed by atoms with E-state index in [1.54, 1.807) is 0 Å². The Morgan fingerprint density at radius 1 is 1.38 bits per heavy atom. The highest BCUT2D eigenvalue weighted by Crippen LogP contribution is 2.23. The number of halogens is 1. The molecule has 21 heavy (non-hydrogen) atoms. The quantitative estimate of drug-likeness (QED) is 0.843. The van der Waals surface area contributed by atoms with Gasteiger partial charge < -0.3 is 10.4 Å². The van der Waals surface area contributed by atoms with Crippen LogP contribution in [0.1, 0.15) is 30.1 Å². The SMILES string of the molecule is CC(C(=O)NC1CC1)S(=O)(=O)c1cc(C(=O)O)ccc1F. The van der Waals surface area contributed by atoms with Gasteiger partial charge in [-0.15, -0.1) is 0 Å². The monoisotopic (exact) mass is 315 g/mol. The molecule has 0 bridgehead atoms. The lowest BCUT2D eigenvalue weighted by atomic mass is 10.2. The molecule has 1 atom stereocenters. The van der Waals surface area contributed by atoms with Crippen LogP contribution in [0, 0.1) is 5.82 Å². The van der Waals surface area contributed by atoms with Crippen LogP contribution in [0.25, 0.3) is 0 Å². The van der Waals surface area contributed by atoms with Gasteiger partial charge in [0, 0.05) is 6.04 Å². The normalized spacial score (nSPS) is 16.3. The molecular formula is C13H14FNO5S. The molecule has 1 saturated carbocycles. The number of rotatable bonds is 5. The average molecular weight is 315 g/mol. The van der Waals surface area contributed by atoms with Crippen LogP contribution < -0.4 is 5.32 Å². The zero-order valence-corrected chi connectivity index (χ0v) is 12.0. The van der Waals surface area contributed by atoms with Crippen molar-refractivity contribution < 1.29 is 27.5 Å². The minimum atomic E-state index is -4.29. The number of sulfone groups is 1. The summed E-state index contributed by atoms with van der Waals surface area (Å²) in [5, 5.41) is 9.88. The smallest absolute Gasteiger partial charge is 0.335 e. The Morgan fingerprint density at radius 2 is 2.00 bits per heavy atom. The number of carbonyl (C=O) groups excluding carboxylic acids is 1. The van der Waals surface area contributed by atoms with Crippen molar-refractivity contribution in [3.8, 4) is 0 Å². The predicted molar refractivity (Wildman–Crippen MR) is 71.2 cm³/mol. The standard InChI is InChI=1S/C13H14FNO5S/c1-7(12(16)15-9-3-4-9)21(19,20)11-6-8(13(17)18)2-5-10(11)14/h2,5-7,9H,3-4H2,1H3,(H,15,16)(H,17,18). The third kappa shape index (κ3) is 3.21. The lowest BCUT2D eigenvalue weighted by Gasteiger charge is -2.14. The van der Waals surface area contributed by atoms with Gasteiger partial charge in [0.15, 0.2) is 9.84 Å². The third-order valence-corrected chi connectivity index (χ3v) is 5.31. The minimum absolute atomic E-state index is 0.0228. The number of benzene rings is 1. The summed E-state index contributed by atoms with van der Waals surface area (Å²) < 4.78 is 38.3. The Bertz CT molecular complexity index is 697. The summed E-state index contributed by atoms with van der Waals surface area (Å²) >= 11 is 0. The van der Waals surface area contributed by atoms with E-state index in [-0.39, 0.29) is 11.6 Å². The summed E-state index contributed by atoms with van der Waals surface area (Å²) in [4.78, 5) is 21.9. The number of carbonyl (C=O) groups is 2. The van der Waals surface area contributed by atoms with Crippen molar-refractivity contribution in [1.82, 2.24) is 5.32 Å². The van der Waals surface area contributed by atoms with Crippen molar-refractivity contribution in [2.24, 2.45) is 0 Å². The summed E-state index contributed by atoms with van der Waals surface area (Å²) in [6.45, 7) is 1.15. The molecule has 1 aliphatic rings. The van der Waals surface area contributed by atoms with Gasteiger partial charge in [-0.3, -0.25) is 4.79 Å². The van der Waals surface area contributed by atoms with E-state index in [0.717, 1.165) is 38.0 Å². The third-order valence-electron chi connectivity index (χ3n) is 3.24. The Hall–Kier alpha value is -1.96. The zero-order chi connectivity index (χ0) is 15.8. The first kappa shape index (κ1) is 15.4. The summed E-state index contributed by atoms with van der Waals surface area (Å²) in [5.74, 6) is -3.16. The molecule has 1 aromatic rings. The van der Waals surface area contributed by atoms with E-state index in [0.29, 0.717) is 0 Å². The fourth-order valence-corrected chi connectivity index (χ4v) is 3.09. The van der Waals surface area contributed by atoms with Crippen LogP contribution in [0.5, 0.6) is 0 Å². The Labute approximate surface area is 120 Å². The lowest BCUT2D eigenvalue weighted by molar-refractivity contribution is -0.120. The second-order valence-corrected chi connectivity index (χ2v) is 7.16. The van der Waals surface area contributed by atoms with Crippen molar-refractivity contribution >= 4 is 21.7 Å². The van der Waals surface area contributed by atoms with Crippen LogP contribution in [-0.4, -0.2) is 36.7 Å². The van der Waals surface area contributed by atoms with E-state index in [9.17, 15) is 22.4 Å². The fourth-order valence-electron chi connectivity index (χ4n) is 1.73. The number of nitrogens with one attached hydrogen (secondary N) is 1. The van der Waals surface area contributed by atoms with E-state index in [1.165, 1.54) is 0 Å². The highest BCUT2D eigenvalue weighted by Gasteiger charge is 2.35. The van der Waals surface area contributed by atoms with E-state index in [4.69, 9.17) is 5.11 Å². The van der Waals surface area contributed by atoms with Gasteiger partial charge in [-0.1, -0.05) is 0 Å². The van der Waals surface area contributed by atoms with E-state index >= 15 is 0 Å². The molecule has 0 spiro atoms. The lowest BCUT2D eigenvalue weighted by Crippen LogP contribution is -2.39. The number of carboxylic acids is 1. The van der Waals surface area contributed by atoms with Crippen LogP contribution in [0.15, 0.2) is 23.1 Å². The van der Waals surface area contributed by atoms with Crippen LogP contribution in [0.2, 0.25) is 0 Å². The topological polar surface area (TPSA) is 101 Å². The molecule has 6 nitrogen and oxygen atoms in total. The fraction of sp³-hybridized carbons (Fsp3) is 0.385. The average Bonchev–Trinajstić information content (AvgIpc) is 3.21. The van der Waals surface area contributed by atoms with Crippen molar-refractivity contribution in [1.29, 1.82) is 0 Å². The van der Waals surface area contributed by atoms with E-state index in [2.05, 4.69) is 5.32 Å². The van der Waals surface area contributed by atoms with Crippen molar-refractivity contribution in [2.75, 3.05) is 0 Å². The molecule has 1 aromatic carbocycles. The maximum atomic E-state index is 13.7. The molecule has 8 heteroatoms. The van der Waals surface area contributed by atoms with Gasteiger partial charge in [-0.25, -0.2) is 17.6 Å². The number of hydrogen-bond donors (Lipinski definition) is 2. The summed E-state index contributed by atoms with van der Waals surface area (Å²) in [6, 6.07) is 2.44. The minimum Gasteiger partial charge on any atom is -0.478 e. The summed E-state index contributed by atoms with van der Waals surface area (Å²) in [5.41, 5.74) is -0.357. The first-order valence-corrected chi connectivity index (χ1v) is 7.85. The molecule has 0 aliphatic heterocycles. The van der Waals surface area contributed by atoms with Gasteiger partial charge in [0.05, 0.1) is 5.56 Å². The molecule has 2 rings (SSSR count). The number of carboxylic acid groups (broad SMARTS) is 1. The molecule has 0 heterocycles. The van der Waals surface area contributed by atoms with Crippen LogP contribution >= 0.6 is 0 Å². The summed E-state index contributed by atoms with van der Waals surface area (Å²) in [7, 11) is -4.29. The molecule has 0 saturated heterocycles. The summed E-state index contributed by atoms with van der Waals surface area (Å²) in [6.07, 6.45) is 1.59. The van der Waals surface area contributed by atoms with Crippen LogP contribution in [-0.2, 0) is 14.6 Å². The van der Waals surface area contributed by atoms with Gasteiger partial charge in [-0.05, 0) is 38.0 Å². The molecule has 1 fully saturated rings. The highest BCUT2D eigenvalue weighted by molar-refractivity contribution is 7.92. The van der Waals surface area contributed by atoms with Crippen LogP contribution in [0.4, 0.5) is 4.39 Å². The first-order chi connectivity index (χ1) is 9.73. The number of hydrogen-bond acceptors (Lipinski definition) is 4. The zero-order valence-electron chi connectivity index (χ0n) is 11.2. The molecule has 0 radical (unpaired) electrons. The molecular weight excluding hydrogens is 301 g/mol. The second-order valence-electron chi connectivity index (χ2n) is 4.92. The van der Waals surface area contributed by atoms with E-state index in [1.807, 2.05) is 0 Å². The Morgan fingerprint density at radius 3 is 2.52 bits per heavy atom. The van der Waals surface area contributed by atoms with Crippen molar-refractivity contribution in [3.63, 3.8) is 0 Å². The van der Waals surface area contributed by atoms with Gasteiger partial charge in [0.2, 0.25) is 5.91 Å². The number of aromatic carboxylic acids is 1. The highest BCUT2D eigenvalue weighted by atomic mass is 32.2. The van der Waals surface area contributed by atoms with Crippen molar-refractivity contribution in [3.05, 3.63) is 29.6 Å². The molecule has 0 aromatic heterocycles. The predicted octanol–water partition coefficient (Wildman–Crippen LogP) is 0.965. The van der Waals surface area contributed by atoms with Gasteiger partial charge >= 0.3 is 5.97 Å². The van der Waals surface area contributed by atoms with Gasteiger partial charge in [0.1, 0.15) is 16.0 Å². The molecule has 114 valence electrons. The van der Waals surface area contributed by atoms with Crippen LogP contribution in [0.3, 0.4) is 0 Å². The Kier molecular flexibility index (Phi) is 3.99. The van der Waals surface area contributed by atoms with Crippen molar-refractivity contribution in [2.45, 2.75) is 36.0 Å². The van der Waals surface area contributed by atoms with E-state index < -0.39 is 37.7 Å². The molecule has 1 aliphatic carbocycles. The maximum Gasteiger partial charge on any atom is 0.335 e. The molecule has 1 unspecified atom stereocenters. The first-order valence-electron chi connectivity index (χ1n) is 6.30. The second kappa shape index (κ2) is 5.44. The van der Waals surface area contributed by atoms with Gasteiger partial charge in [-0.2, -0.15) is 0 Å². The number of amides is 1. The molecule has 2 N–H and O–H groups in total. The molecule has 1 amide bonds.